The Hall–Kier alpha value is -1.37. The molecular formula is C16H20O. The summed E-state index contributed by atoms with van der Waals surface area (Å²) in [5.41, 5.74) is 1.98. The zero-order valence-corrected chi connectivity index (χ0v) is 10.8. The average molecular weight is 228 g/mol. The summed E-state index contributed by atoms with van der Waals surface area (Å²) < 4.78 is 0. The van der Waals surface area contributed by atoms with Crippen LogP contribution in [0.3, 0.4) is 0 Å². The minimum absolute atomic E-state index is 0.305. The van der Waals surface area contributed by atoms with Crippen molar-refractivity contribution in [2.45, 2.75) is 32.6 Å². The first-order valence-electron chi connectivity index (χ1n) is 6.37. The fraction of sp³-hybridized carbons (Fsp3) is 0.438. The first-order chi connectivity index (χ1) is 8.13. The summed E-state index contributed by atoms with van der Waals surface area (Å²) in [5, 5.41) is 0. The van der Waals surface area contributed by atoms with Crippen molar-refractivity contribution < 1.29 is 4.79 Å². The Labute approximate surface area is 104 Å². The van der Waals surface area contributed by atoms with Gasteiger partial charge in [-0.25, -0.2) is 0 Å². The van der Waals surface area contributed by atoms with Crippen molar-refractivity contribution in [2.24, 2.45) is 11.8 Å². The molecule has 1 aromatic carbocycles. The lowest BCUT2D eigenvalue weighted by molar-refractivity contribution is -0.113. The van der Waals surface area contributed by atoms with Crippen LogP contribution in [-0.4, -0.2) is 6.29 Å². The lowest BCUT2D eigenvalue weighted by atomic mass is 9.64. The SMILES string of the molecule is CCC(C)[C@@H]1C=Cc2ccccc2[C@]1(C)C=O. The molecule has 0 radical (unpaired) electrons. The molecule has 0 saturated heterocycles. The van der Waals surface area contributed by atoms with E-state index in [2.05, 4.69) is 45.1 Å². The van der Waals surface area contributed by atoms with Gasteiger partial charge in [-0.1, -0.05) is 56.7 Å². The standard InChI is InChI=1S/C16H20O/c1-4-12(2)14-10-9-13-7-5-6-8-15(13)16(14,3)11-17/h5-12,14H,4H2,1-3H3/t12?,14-,16+/m0/s1. The fourth-order valence-corrected chi connectivity index (χ4v) is 2.90. The summed E-state index contributed by atoms with van der Waals surface area (Å²) in [6.07, 6.45) is 6.61. The summed E-state index contributed by atoms with van der Waals surface area (Å²) in [7, 11) is 0. The maximum Gasteiger partial charge on any atom is 0.130 e. The van der Waals surface area contributed by atoms with Crippen LogP contribution in [0, 0.1) is 11.8 Å². The number of carbonyl (C=O) groups is 1. The Kier molecular flexibility index (Phi) is 3.19. The van der Waals surface area contributed by atoms with Gasteiger partial charge in [0.2, 0.25) is 0 Å². The van der Waals surface area contributed by atoms with E-state index in [0.717, 1.165) is 12.7 Å². The third-order valence-corrected chi connectivity index (χ3v) is 4.22. The molecular weight excluding hydrogens is 208 g/mol. The third-order valence-electron chi connectivity index (χ3n) is 4.22. The topological polar surface area (TPSA) is 17.1 Å². The molecule has 2 rings (SSSR count). The minimum atomic E-state index is -0.374. The Morgan fingerprint density at radius 1 is 1.41 bits per heavy atom. The maximum absolute atomic E-state index is 11.6. The molecule has 0 amide bonds. The second-order valence-electron chi connectivity index (χ2n) is 5.26. The van der Waals surface area contributed by atoms with E-state index in [-0.39, 0.29) is 5.41 Å². The monoisotopic (exact) mass is 228 g/mol. The highest BCUT2D eigenvalue weighted by Crippen LogP contribution is 2.42. The van der Waals surface area contributed by atoms with Gasteiger partial charge in [0, 0.05) is 0 Å². The number of hydrogen-bond donors (Lipinski definition) is 0. The number of allylic oxidation sites excluding steroid dienone is 1. The molecule has 3 atom stereocenters. The van der Waals surface area contributed by atoms with Gasteiger partial charge in [0.15, 0.2) is 0 Å². The maximum atomic E-state index is 11.6. The van der Waals surface area contributed by atoms with Gasteiger partial charge in [-0.2, -0.15) is 0 Å². The molecule has 1 aliphatic carbocycles. The minimum Gasteiger partial charge on any atom is -0.302 e. The summed E-state index contributed by atoms with van der Waals surface area (Å²) in [6.45, 7) is 6.48. The van der Waals surface area contributed by atoms with Gasteiger partial charge in [-0.15, -0.1) is 0 Å². The van der Waals surface area contributed by atoms with E-state index in [1.54, 1.807) is 0 Å². The second-order valence-corrected chi connectivity index (χ2v) is 5.26. The molecule has 0 aromatic heterocycles. The van der Waals surface area contributed by atoms with Crippen LogP contribution in [0.2, 0.25) is 0 Å². The average Bonchev–Trinajstić information content (AvgIpc) is 2.38. The highest BCUT2D eigenvalue weighted by Gasteiger charge is 2.39. The molecule has 1 aliphatic rings. The quantitative estimate of drug-likeness (QED) is 0.718. The number of benzene rings is 1. The molecule has 0 N–H and O–H groups in total. The van der Waals surface area contributed by atoms with E-state index in [0.29, 0.717) is 11.8 Å². The van der Waals surface area contributed by atoms with Crippen molar-refractivity contribution in [2.75, 3.05) is 0 Å². The highest BCUT2D eigenvalue weighted by atomic mass is 16.1. The zero-order chi connectivity index (χ0) is 12.5. The fourth-order valence-electron chi connectivity index (χ4n) is 2.90. The van der Waals surface area contributed by atoms with E-state index in [9.17, 15) is 4.79 Å². The van der Waals surface area contributed by atoms with E-state index in [4.69, 9.17) is 0 Å². The highest BCUT2D eigenvalue weighted by molar-refractivity contribution is 5.76. The molecule has 0 heterocycles. The second kappa shape index (κ2) is 4.48. The molecule has 90 valence electrons. The Morgan fingerprint density at radius 3 is 2.76 bits per heavy atom. The Balaban J connectivity index is 2.53. The van der Waals surface area contributed by atoms with Crippen LogP contribution in [0.5, 0.6) is 0 Å². The van der Waals surface area contributed by atoms with Crippen molar-refractivity contribution >= 4 is 12.4 Å². The van der Waals surface area contributed by atoms with Gasteiger partial charge >= 0.3 is 0 Å². The van der Waals surface area contributed by atoms with Gasteiger partial charge < -0.3 is 4.79 Å². The zero-order valence-electron chi connectivity index (χ0n) is 10.8. The normalized spacial score (nSPS) is 28.5. The largest absolute Gasteiger partial charge is 0.302 e. The van der Waals surface area contributed by atoms with E-state index in [1.807, 2.05) is 12.1 Å². The first kappa shape index (κ1) is 12.1. The van der Waals surface area contributed by atoms with Gasteiger partial charge in [-0.3, -0.25) is 0 Å². The van der Waals surface area contributed by atoms with Crippen LogP contribution in [-0.2, 0) is 10.2 Å². The van der Waals surface area contributed by atoms with E-state index >= 15 is 0 Å². The third kappa shape index (κ3) is 1.84. The number of hydrogen-bond acceptors (Lipinski definition) is 1. The molecule has 0 fully saturated rings. The summed E-state index contributed by atoms with van der Waals surface area (Å²) >= 11 is 0. The van der Waals surface area contributed by atoms with E-state index in [1.165, 1.54) is 11.1 Å². The van der Waals surface area contributed by atoms with Crippen LogP contribution in [0.15, 0.2) is 30.3 Å². The van der Waals surface area contributed by atoms with E-state index < -0.39 is 0 Å². The van der Waals surface area contributed by atoms with Crippen molar-refractivity contribution in [3.05, 3.63) is 41.5 Å². The lowest BCUT2D eigenvalue weighted by Crippen LogP contribution is -2.38. The summed E-state index contributed by atoms with van der Waals surface area (Å²) in [5.74, 6) is 0.828. The van der Waals surface area contributed by atoms with Crippen LogP contribution in [0.1, 0.15) is 38.3 Å². The van der Waals surface area contributed by atoms with Gasteiger partial charge in [0.05, 0.1) is 5.41 Å². The molecule has 0 saturated carbocycles. The smallest absolute Gasteiger partial charge is 0.130 e. The van der Waals surface area contributed by atoms with Crippen LogP contribution >= 0.6 is 0 Å². The van der Waals surface area contributed by atoms with Gasteiger partial charge in [0.25, 0.3) is 0 Å². The van der Waals surface area contributed by atoms with Crippen molar-refractivity contribution in [3.63, 3.8) is 0 Å². The molecule has 1 unspecified atom stereocenters. The van der Waals surface area contributed by atoms with Crippen molar-refractivity contribution in [1.29, 1.82) is 0 Å². The van der Waals surface area contributed by atoms with Crippen molar-refractivity contribution in [1.82, 2.24) is 0 Å². The van der Waals surface area contributed by atoms with Crippen LogP contribution in [0.25, 0.3) is 6.08 Å². The molecule has 1 heteroatoms. The lowest BCUT2D eigenvalue weighted by Gasteiger charge is -2.39. The molecule has 0 bridgehead atoms. The van der Waals surface area contributed by atoms with Gasteiger partial charge in [0.1, 0.15) is 6.29 Å². The Morgan fingerprint density at radius 2 is 2.12 bits per heavy atom. The number of aldehydes is 1. The van der Waals surface area contributed by atoms with Crippen LogP contribution < -0.4 is 0 Å². The molecule has 1 aromatic rings. The Bertz CT molecular complexity index is 447. The number of fused-ring (bicyclic) bond motifs is 1. The molecule has 17 heavy (non-hydrogen) atoms. The number of rotatable bonds is 3. The summed E-state index contributed by atoms with van der Waals surface area (Å²) in [6, 6.07) is 8.22. The molecule has 1 nitrogen and oxygen atoms in total. The van der Waals surface area contributed by atoms with Crippen LogP contribution in [0.4, 0.5) is 0 Å². The summed E-state index contributed by atoms with van der Waals surface area (Å²) in [4.78, 5) is 11.6. The first-order valence-corrected chi connectivity index (χ1v) is 6.37. The predicted octanol–water partition coefficient (Wildman–Crippen LogP) is 3.83. The molecule has 0 aliphatic heterocycles. The number of carbonyl (C=O) groups excluding carboxylic acids is 1. The van der Waals surface area contributed by atoms with Crippen molar-refractivity contribution in [3.8, 4) is 0 Å². The van der Waals surface area contributed by atoms with Gasteiger partial charge in [-0.05, 0) is 29.9 Å². The predicted molar refractivity (Wildman–Crippen MR) is 71.8 cm³/mol. The molecule has 0 spiro atoms.